The van der Waals surface area contributed by atoms with Crippen molar-refractivity contribution in [2.75, 3.05) is 38.6 Å². The SMILES string of the molecule is CN(C)C(=O)c1cnc(N2CCC(N3CC[C@H](Oc4ccccc4F)C3=O)CC2)c(Cl)c1. The quantitative estimate of drug-likeness (QED) is 0.685. The fourth-order valence-electron chi connectivity index (χ4n) is 4.27. The van der Waals surface area contributed by atoms with Gasteiger partial charge < -0.3 is 19.4 Å². The minimum Gasteiger partial charge on any atom is -0.477 e. The number of benzene rings is 1. The summed E-state index contributed by atoms with van der Waals surface area (Å²) in [6.07, 6.45) is 2.98. The van der Waals surface area contributed by atoms with E-state index in [1.807, 2.05) is 4.90 Å². The molecule has 32 heavy (non-hydrogen) atoms. The highest BCUT2D eigenvalue weighted by atomic mass is 35.5. The molecule has 0 unspecified atom stereocenters. The molecular formula is C23H26ClFN4O3. The first kappa shape index (κ1) is 22.3. The van der Waals surface area contributed by atoms with Crippen molar-refractivity contribution in [3.8, 4) is 5.75 Å². The number of pyridine rings is 1. The zero-order chi connectivity index (χ0) is 22.8. The molecule has 2 amide bonds. The van der Waals surface area contributed by atoms with E-state index in [4.69, 9.17) is 16.3 Å². The number of anilines is 1. The van der Waals surface area contributed by atoms with E-state index in [9.17, 15) is 14.0 Å². The Morgan fingerprint density at radius 3 is 2.56 bits per heavy atom. The van der Waals surface area contributed by atoms with Crippen LogP contribution in [0, 0.1) is 5.82 Å². The number of piperidine rings is 1. The molecule has 0 saturated carbocycles. The highest BCUT2D eigenvalue weighted by Gasteiger charge is 2.39. The lowest BCUT2D eigenvalue weighted by Crippen LogP contribution is -2.47. The maximum atomic E-state index is 13.9. The van der Waals surface area contributed by atoms with E-state index in [0.717, 1.165) is 12.8 Å². The number of aromatic nitrogens is 1. The minimum absolute atomic E-state index is 0.0885. The monoisotopic (exact) mass is 460 g/mol. The number of para-hydroxylation sites is 1. The molecule has 1 aromatic heterocycles. The van der Waals surface area contributed by atoms with E-state index < -0.39 is 11.9 Å². The number of ether oxygens (including phenoxy) is 1. The van der Waals surface area contributed by atoms with Gasteiger partial charge in [0.15, 0.2) is 17.7 Å². The standard InChI is InChI=1S/C23H26ClFN4O3/c1-27(2)22(30)15-13-17(24)21(26-14-15)28-10-7-16(8-11-28)29-12-9-20(23(29)31)32-19-6-4-3-5-18(19)25/h3-6,13-14,16,20H,7-12H2,1-2H3/t20-/m0/s1. The van der Waals surface area contributed by atoms with Crippen LogP contribution in [0.4, 0.5) is 10.2 Å². The van der Waals surface area contributed by atoms with Gasteiger partial charge in [0.2, 0.25) is 0 Å². The summed E-state index contributed by atoms with van der Waals surface area (Å²) < 4.78 is 19.5. The zero-order valence-electron chi connectivity index (χ0n) is 18.1. The predicted octanol–water partition coefficient (Wildman–Crippen LogP) is 3.22. The summed E-state index contributed by atoms with van der Waals surface area (Å²) in [6.45, 7) is 1.99. The number of carbonyl (C=O) groups excluding carboxylic acids is 2. The highest BCUT2D eigenvalue weighted by Crippen LogP contribution is 2.30. The van der Waals surface area contributed by atoms with Gasteiger partial charge in [-0.1, -0.05) is 23.7 Å². The second kappa shape index (κ2) is 9.32. The van der Waals surface area contributed by atoms with Gasteiger partial charge in [0.05, 0.1) is 10.6 Å². The smallest absolute Gasteiger partial charge is 0.263 e. The van der Waals surface area contributed by atoms with Crippen LogP contribution in [0.15, 0.2) is 36.5 Å². The van der Waals surface area contributed by atoms with Crippen LogP contribution in [0.5, 0.6) is 5.75 Å². The predicted molar refractivity (Wildman–Crippen MR) is 120 cm³/mol. The number of carbonyl (C=O) groups is 2. The van der Waals surface area contributed by atoms with Gasteiger partial charge in [-0.15, -0.1) is 0 Å². The van der Waals surface area contributed by atoms with Crippen molar-refractivity contribution in [2.45, 2.75) is 31.4 Å². The van der Waals surface area contributed by atoms with Crippen molar-refractivity contribution in [1.29, 1.82) is 0 Å². The van der Waals surface area contributed by atoms with Gasteiger partial charge in [0.25, 0.3) is 11.8 Å². The Morgan fingerprint density at radius 2 is 1.91 bits per heavy atom. The first-order valence-corrected chi connectivity index (χ1v) is 11.1. The van der Waals surface area contributed by atoms with Gasteiger partial charge in [-0.25, -0.2) is 9.37 Å². The Bertz CT molecular complexity index is 1010. The second-order valence-electron chi connectivity index (χ2n) is 8.30. The molecule has 2 fully saturated rings. The molecule has 2 aromatic rings. The van der Waals surface area contributed by atoms with Crippen LogP contribution >= 0.6 is 11.6 Å². The van der Waals surface area contributed by atoms with E-state index in [1.165, 1.54) is 17.0 Å². The number of likely N-dealkylation sites (tertiary alicyclic amines) is 1. The summed E-state index contributed by atoms with van der Waals surface area (Å²) in [5, 5.41) is 0.437. The van der Waals surface area contributed by atoms with Crippen LogP contribution in [-0.2, 0) is 4.79 Å². The first-order chi connectivity index (χ1) is 15.3. The minimum atomic E-state index is -0.650. The van der Waals surface area contributed by atoms with E-state index in [-0.39, 0.29) is 23.6 Å². The van der Waals surface area contributed by atoms with Crippen LogP contribution < -0.4 is 9.64 Å². The molecule has 0 aliphatic carbocycles. The molecule has 9 heteroatoms. The summed E-state index contributed by atoms with van der Waals surface area (Å²) in [5.74, 6) is 0.0573. The van der Waals surface area contributed by atoms with E-state index in [2.05, 4.69) is 9.88 Å². The maximum Gasteiger partial charge on any atom is 0.263 e. The van der Waals surface area contributed by atoms with Gasteiger partial charge in [0, 0.05) is 52.4 Å². The highest BCUT2D eigenvalue weighted by molar-refractivity contribution is 6.33. The third kappa shape index (κ3) is 4.50. The van der Waals surface area contributed by atoms with Crippen molar-refractivity contribution in [3.63, 3.8) is 0 Å². The zero-order valence-corrected chi connectivity index (χ0v) is 18.9. The fraction of sp³-hybridized carbons (Fsp3) is 0.435. The lowest BCUT2D eigenvalue weighted by molar-refractivity contribution is -0.135. The second-order valence-corrected chi connectivity index (χ2v) is 8.71. The normalized spacial score (nSPS) is 19.4. The number of amides is 2. The van der Waals surface area contributed by atoms with Crippen LogP contribution in [0.25, 0.3) is 0 Å². The van der Waals surface area contributed by atoms with Gasteiger partial charge in [-0.05, 0) is 31.0 Å². The molecule has 0 radical (unpaired) electrons. The largest absolute Gasteiger partial charge is 0.477 e. The molecule has 3 heterocycles. The Hall–Kier alpha value is -2.87. The molecule has 0 spiro atoms. The molecule has 2 saturated heterocycles. The van der Waals surface area contributed by atoms with Crippen LogP contribution in [0.2, 0.25) is 5.02 Å². The first-order valence-electron chi connectivity index (χ1n) is 10.7. The fourth-order valence-corrected chi connectivity index (χ4v) is 4.55. The van der Waals surface area contributed by atoms with E-state index in [1.54, 1.807) is 38.5 Å². The average molecular weight is 461 g/mol. The van der Waals surface area contributed by atoms with Crippen LogP contribution in [0.3, 0.4) is 0 Å². The molecule has 0 N–H and O–H groups in total. The maximum absolute atomic E-state index is 13.9. The molecule has 0 bridgehead atoms. The Balaban J connectivity index is 1.35. The lowest BCUT2D eigenvalue weighted by atomic mass is 10.0. The summed E-state index contributed by atoms with van der Waals surface area (Å²) in [6, 6.07) is 7.89. The van der Waals surface area contributed by atoms with E-state index in [0.29, 0.717) is 42.5 Å². The Morgan fingerprint density at radius 1 is 1.19 bits per heavy atom. The molecule has 170 valence electrons. The molecule has 2 aliphatic rings. The number of hydrogen-bond acceptors (Lipinski definition) is 5. The third-order valence-electron chi connectivity index (χ3n) is 5.98. The van der Waals surface area contributed by atoms with Crippen molar-refractivity contribution in [1.82, 2.24) is 14.8 Å². The number of nitrogens with zero attached hydrogens (tertiary/aromatic N) is 4. The topological polar surface area (TPSA) is 66.0 Å². The summed E-state index contributed by atoms with van der Waals surface area (Å²) in [7, 11) is 3.36. The van der Waals surface area contributed by atoms with Crippen molar-refractivity contribution in [3.05, 3.63) is 52.9 Å². The van der Waals surface area contributed by atoms with Gasteiger partial charge >= 0.3 is 0 Å². The summed E-state index contributed by atoms with van der Waals surface area (Å²) >= 11 is 6.42. The van der Waals surface area contributed by atoms with Crippen molar-refractivity contribution < 1.29 is 18.7 Å². The van der Waals surface area contributed by atoms with Gasteiger partial charge in [-0.3, -0.25) is 9.59 Å². The van der Waals surface area contributed by atoms with Crippen LogP contribution in [0.1, 0.15) is 29.6 Å². The molecule has 1 atom stereocenters. The van der Waals surface area contributed by atoms with Crippen molar-refractivity contribution in [2.24, 2.45) is 0 Å². The molecule has 2 aliphatic heterocycles. The summed E-state index contributed by atoms with van der Waals surface area (Å²) in [4.78, 5) is 34.8. The Kier molecular flexibility index (Phi) is 6.50. The van der Waals surface area contributed by atoms with Crippen LogP contribution in [-0.4, -0.2) is 72.5 Å². The average Bonchev–Trinajstić information content (AvgIpc) is 3.15. The lowest BCUT2D eigenvalue weighted by Gasteiger charge is -2.37. The van der Waals surface area contributed by atoms with Gasteiger partial charge in [-0.2, -0.15) is 0 Å². The van der Waals surface area contributed by atoms with Crippen molar-refractivity contribution >= 4 is 29.2 Å². The molecular weight excluding hydrogens is 435 g/mol. The number of halogens is 2. The third-order valence-corrected chi connectivity index (χ3v) is 6.25. The van der Waals surface area contributed by atoms with E-state index >= 15 is 0 Å². The number of rotatable bonds is 5. The Labute approximate surface area is 191 Å². The van der Waals surface area contributed by atoms with Gasteiger partial charge in [0.1, 0.15) is 5.82 Å². The molecule has 1 aromatic carbocycles. The number of hydrogen-bond donors (Lipinski definition) is 0. The molecule has 4 rings (SSSR count). The summed E-state index contributed by atoms with van der Waals surface area (Å²) in [5.41, 5.74) is 0.446. The molecule has 7 nitrogen and oxygen atoms in total.